The van der Waals surface area contributed by atoms with Crippen LogP contribution in [0.5, 0.6) is 5.75 Å². The third-order valence-corrected chi connectivity index (χ3v) is 6.86. The van der Waals surface area contributed by atoms with E-state index in [-0.39, 0.29) is 5.91 Å². The number of carbonyl (C=O) groups is 1. The number of hydrogen-bond acceptors (Lipinski definition) is 3. The number of fused-ring (bicyclic) bond motifs is 1. The number of piperidine rings is 1. The zero-order chi connectivity index (χ0) is 23.3. The topological polar surface area (TPSA) is 47.4 Å². The summed E-state index contributed by atoms with van der Waals surface area (Å²) in [7, 11) is 1.68. The molecule has 0 bridgehead atoms. The molecule has 0 unspecified atom stereocenters. The van der Waals surface area contributed by atoms with E-state index in [4.69, 9.17) is 9.72 Å². The summed E-state index contributed by atoms with van der Waals surface area (Å²) in [5, 5.41) is 0. The summed E-state index contributed by atoms with van der Waals surface area (Å²) in [5.74, 6) is 2.18. The highest BCUT2D eigenvalue weighted by atomic mass is 16.5. The van der Waals surface area contributed by atoms with Crippen LogP contribution in [0, 0.1) is 0 Å². The van der Waals surface area contributed by atoms with Gasteiger partial charge < -0.3 is 14.2 Å². The average Bonchev–Trinajstić information content (AvgIpc) is 3.25. The van der Waals surface area contributed by atoms with Crippen molar-refractivity contribution in [2.45, 2.75) is 38.1 Å². The molecule has 0 N–H and O–H groups in total. The lowest BCUT2D eigenvalue weighted by Crippen LogP contribution is -2.39. The number of methoxy groups -OCH3 is 1. The van der Waals surface area contributed by atoms with Gasteiger partial charge in [0, 0.05) is 32.0 Å². The molecule has 1 aromatic heterocycles. The number of amides is 1. The van der Waals surface area contributed by atoms with E-state index in [1.807, 2.05) is 35.2 Å². The molecule has 1 aliphatic heterocycles. The fourth-order valence-electron chi connectivity index (χ4n) is 5.09. The standard InChI is InChI=1S/C29H31N3O2/c1-34-27-14-8-5-11-23(27)15-16-29(33)31-19-17-24(18-20-31)32-26-13-7-6-12-25(26)30-28(32)21-22-9-3-2-4-10-22/h2-14,24H,15-21H2,1H3. The van der Waals surface area contributed by atoms with Crippen LogP contribution in [0.2, 0.25) is 0 Å². The maximum absolute atomic E-state index is 13.0. The van der Waals surface area contributed by atoms with E-state index in [1.165, 1.54) is 11.1 Å². The maximum atomic E-state index is 13.0. The predicted octanol–water partition coefficient (Wildman–Crippen LogP) is 5.43. The molecule has 5 nitrogen and oxygen atoms in total. The average molecular weight is 454 g/mol. The number of likely N-dealkylation sites (tertiary alicyclic amines) is 1. The van der Waals surface area contributed by atoms with Gasteiger partial charge in [-0.3, -0.25) is 4.79 Å². The van der Waals surface area contributed by atoms with Gasteiger partial charge in [-0.05, 0) is 48.6 Å². The monoisotopic (exact) mass is 453 g/mol. The first-order valence-electron chi connectivity index (χ1n) is 12.1. The van der Waals surface area contributed by atoms with Crippen LogP contribution >= 0.6 is 0 Å². The molecule has 34 heavy (non-hydrogen) atoms. The number of imidazole rings is 1. The van der Waals surface area contributed by atoms with E-state index in [0.717, 1.165) is 55.0 Å². The summed E-state index contributed by atoms with van der Waals surface area (Å²) >= 11 is 0. The number of rotatable bonds is 7. The van der Waals surface area contributed by atoms with Gasteiger partial charge in [0.05, 0.1) is 18.1 Å². The van der Waals surface area contributed by atoms with Crippen molar-refractivity contribution < 1.29 is 9.53 Å². The number of para-hydroxylation sites is 3. The van der Waals surface area contributed by atoms with Crippen LogP contribution in [0.15, 0.2) is 78.9 Å². The highest BCUT2D eigenvalue weighted by Gasteiger charge is 2.26. The van der Waals surface area contributed by atoms with Gasteiger partial charge in [0.1, 0.15) is 11.6 Å². The van der Waals surface area contributed by atoms with Crippen molar-refractivity contribution in [3.05, 3.63) is 95.8 Å². The van der Waals surface area contributed by atoms with Gasteiger partial charge in [-0.25, -0.2) is 4.98 Å². The molecule has 5 heteroatoms. The molecule has 0 radical (unpaired) electrons. The quantitative estimate of drug-likeness (QED) is 0.375. The van der Waals surface area contributed by atoms with E-state index in [9.17, 15) is 4.79 Å². The molecule has 174 valence electrons. The second-order valence-electron chi connectivity index (χ2n) is 8.97. The molecule has 1 fully saturated rings. The molecule has 5 rings (SSSR count). The fourth-order valence-corrected chi connectivity index (χ4v) is 5.09. The summed E-state index contributed by atoms with van der Waals surface area (Å²) in [6, 6.07) is 27.2. The Bertz CT molecular complexity index is 1260. The Morgan fingerprint density at radius 2 is 1.65 bits per heavy atom. The zero-order valence-electron chi connectivity index (χ0n) is 19.7. The molecule has 4 aromatic rings. The van der Waals surface area contributed by atoms with Crippen LogP contribution in [0.3, 0.4) is 0 Å². The molecular weight excluding hydrogens is 422 g/mol. The molecular formula is C29H31N3O2. The first kappa shape index (κ1) is 22.2. The summed E-state index contributed by atoms with van der Waals surface area (Å²) in [5.41, 5.74) is 4.59. The molecule has 1 amide bonds. The summed E-state index contributed by atoms with van der Waals surface area (Å²) in [6.07, 6.45) is 3.92. The van der Waals surface area contributed by atoms with Gasteiger partial charge in [-0.2, -0.15) is 0 Å². The van der Waals surface area contributed by atoms with E-state index in [2.05, 4.69) is 53.1 Å². The molecule has 1 saturated heterocycles. The molecule has 0 saturated carbocycles. The lowest BCUT2D eigenvalue weighted by atomic mass is 10.0. The molecule has 1 aliphatic rings. The molecule has 0 spiro atoms. The highest BCUT2D eigenvalue weighted by molar-refractivity contribution is 5.77. The second kappa shape index (κ2) is 10.1. The Hall–Kier alpha value is -3.60. The summed E-state index contributed by atoms with van der Waals surface area (Å²) in [4.78, 5) is 20.0. The van der Waals surface area contributed by atoms with Crippen molar-refractivity contribution in [3.8, 4) is 5.75 Å². The van der Waals surface area contributed by atoms with E-state index < -0.39 is 0 Å². The van der Waals surface area contributed by atoms with Crippen molar-refractivity contribution >= 4 is 16.9 Å². The third kappa shape index (κ3) is 4.69. The van der Waals surface area contributed by atoms with Crippen molar-refractivity contribution in [2.75, 3.05) is 20.2 Å². The largest absolute Gasteiger partial charge is 0.496 e. The predicted molar refractivity (Wildman–Crippen MR) is 135 cm³/mol. The number of aryl methyl sites for hydroxylation is 1. The Morgan fingerprint density at radius 1 is 0.941 bits per heavy atom. The first-order chi connectivity index (χ1) is 16.7. The maximum Gasteiger partial charge on any atom is 0.222 e. The SMILES string of the molecule is COc1ccccc1CCC(=O)N1CCC(n2c(Cc3ccccc3)nc3ccccc32)CC1. The van der Waals surface area contributed by atoms with Crippen LogP contribution in [0.4, 0.5) is 0 Å². The normalized spacial score (nSPS) is 14.4. The minimum atomic E-state index is 0.226. The van der Waals surface area contributed by atoms with Gasteiger partial charge in [0.15, 0.2) is 0 Å². The van der Waals surface area contributed by atoms with E-state index in [0.29, 0.717) is 18.9 Å². The Balaban J connectivity index is 1.27. The van der Waals surface area contributed by atoms with Crippen LogP contribution in [-0.4, -0.2) is 40.6 Å². The van der Waals surface area contributed by atoms with Crippen molar-refractivity contribution in [1.29, 1.82) is 0 Å². The molecule has 3 aromatic carbocycles. The highest BCUT2D eigenvalue weighted by Crippen LogP contribution is 2.30. The number of carbonyl (C=O) groups excluding carboxylic acids is 1. The molecule has 0 atom stereocenters. The Labute approximate surface area is 201 Å². The van der Waals surface area contributed by atoms with Gasteiger partial charge >= 0.3 is 0 Å². The number of hydrogen-bond donors (Lipinski definition) is 0. The van der Waals surface area contributed by atoms with E-state index in [1.54, 1.807) is 7.11 Å². The number of aromatic nitrogens is 2. The Morgan fingerprint density at radius 3 is 2.44 bits per heavy atom. The van der Waals surface area contributed by atoms with Crippen molar-refractivity contribution in [3.63, 3.8) is 0 Å². The number of nitrogens with zero attached hydrogens (tertiary/aromatic N) is 3. The smallest absolute Gasteiger partial charge is 0.222 e. The van der Waals surface area contributed by atoms with Crippen molar-refractivity contribution in [1.82, 2.24) is 14.5 Å². The second-order valence-corrected chi connectivity index (χ2v) is 8.97. The van der Waals surface area contributed by atoms with Gasteiger partial charge in [0.25, 0.3) is 0 Å². The van der Waals surface area contributed by atoms with Crippen LogP contribution < -0.4 is 4.74 Å². The van der Waals surface area contributed by atoms with Crippen molar-refractivity contribution in [2.24, 2.45) is 0 Å². The van der Waals surface area contributed by atoms with Gasteiger partial charge in [0.2, 0.25) is 5.91 Å². The number of benzene rings is 3. The summed E-state index contributed by atoms with van der Waals surface area (Å²) in [6.45, 7) is 1.57. The Kier molecular flexibility index (Phi) is 6.61. The van der Waals surface area contributed by atoms with Crippen LogP contribution in [0.25, 0.3) is 11.0 Å². The third-order valence-electron chi connectivity index (χ3n) is 6.86. The minimum absolute atomic E-state index is 0.226. The lowest BCUT2D eigenvalue weighted by Gasteiger charge is -2.34. The van der Waals surface area contributed by atoms with Crippen LogP contribution in [0.1, 0.15) is 42.3 Å². The summed E-state index contributed by atoms with van der Waals surface area (Å²) < 4.78 is 7.86. The van der Waals surface area contributed by atoms with Crippen LogP contribution in [-0.2, 0) is 17.6 Å². The zero-order valence-corrected chi connectivity index (χ0v) is 19.7. The molecule has 2 heterocycles. The minimum Gasteiger partial charge on any atom is -0.496 e. The van der Waals surface area contributed by atoms with Gasteiger partial charge in [-0.15, -0.1) is 0 Å². The van der Waals surface area contributed by atoms with Gasteiger partial charge in [-0.1, -0.05) is 60.7 Å². The molecule has 0 aliphatic carbocycles. The first-order valence-corrected chi connectivity index (χ1v) is 12.1. The lowest BCUT2D eigenvalue weighted by molar-refractivity contribution is -0.132. The fraction of sp³-hybridized carbons (Fsp3) is 0.310. The van der Waals surface area contributed by atoms with E-state index >= 15 is 0 Å². The number of ether oxygens (including phenoxy) is 1.